The van der Waals surface area contributed by atoms with Crippen LogP contribution in [0.15, 0.2) is 103 Å². The lowest BCUT2D eigenvalue weighted by atomic mass is 9.84. The van der Waals surface area contributed by atoms with Crippen molar-refractivity contribution in [1.82, 2.24) is 0 Å². The van der Waals surface area contributed by atoms with Crippen LogP contribution in [0.5, 0.6) is 0 Å². The molecule has 0 radical (unpaired) electrons. The standard InChI is InChI=1S/C59H92O9S4Si/c1-46(2)27-22-36-56(9,61)59(65-49(5)67-72-44-26-42-70-59)39-24-35-53(60)54(68-73(55(6,7)8,51-31-16-12-17-32-51)52-33-18-13-19-34-52)47(3)28-23-37-57(10,62)58(64-48(4)66-71-43-25-41-69-58)38-20-21-40-63-45-50-29-14-11-15-30-50/h11-19,29-34,47-49,53-54,60-62H,1,20-28,35-45H2,2-10H3. The fourth-order valence-electron chi connectivity index (χ4n) is 10.6. The van der Waals surface area contributed by atoms with Crippen molar-refractivity contribution in [3.05, 3.63) is 109 Å². The Kier molecular flexibility index (Phi) is 25.8. The molecule has 2 fully saturated rings. The first-order chi connectivity index (χ1) is 34.8. The smallest absolute Gasteiger partial charge is 0.261 e. The Balaban J connectivity index is 1.43. The molecule has 2 heterocycles. The van der Waals surface area contributed by atoms with E-state index >= 15 is 0 Å². The van der Waals surface area contributed by atoms with Crippen LogP contribution in [0.1, 0.15) is 158 Å². The van der Waals surface area contributed by atoms with Gasteiger partial charge in [-0.05, 0) is 181 Å². The van der Waals surface area contributed by atoms with Crippen LogP contribution in [-0.4, -0.2) is 99.1 Å². The number of ether oxygens (including phenoxy) is 3. The van der Waals surface area contributed by atoms with E-state index in [-0.39, 0.29) is 11.0 Å². The number of benzene rings is 3. The molecule has 2 aliphatic heterocycles. The molecule has 9 unspecified atom stereocenters. The number of hydrogen-bond acceptors (Lipinski definition) is 13. The Hall–Kier alpha value is -1.34. The molecule has 0 saturated carbocycles. The van der Waals surface area contributed by atoms with Crippen LogP contribution in [0, 0.1) is 5.92 Å². The van der Waals surface area contributed by atoms with Crippen molar-refractivity contribution in [3.63, 3.8) is 0 Å². The maximum atomic E-state index is 12.9. The first-order valence-corrected chi connectivity index (χ1v) is 32.8. The molecule has 3 aromatic carbocycles. The zero-order valence-corrected chi connectivity index (χ0v) is 50.1. The first-order valence-electron chi connectivity index (χ1n) is 27.1. The van der Waals surface area contributed by atoms with Crippen molar-refractivity contribution in [2.75, 3.05) is 29.6 Å². The van der Waals surface area contributed by atoms with Gasteiger partial charge in [-0.3, -0.25) is 8.37 Å². The third-order valence-corrected chi connectivity index (χ3v) is 24.8. The molecule has 9 atom stereocenters. The van der Waals surface area contributed by atoms with E-state index in [1.54, 1.807) is 23.5 Å². The summed E-state index contributed by atoms with van der Waals surface area (Å²) in [6, 6.07) is 31.6. The van der Waals surface area contributed by atoms with Crippen LogP contribution in [-0.2, 0) is 33.6 Å². The average Bonchev–Trinajstić information content (AvgIpc) is 3.51. The molecule has 9 nitrogen and oxygen atoms in total. The SMILES string of the molecule is C=C(C)CCCC(C)(O)C1(CCCC(O)C(O[Si](c2ccccc2)(c2ccccc2)C(C)(C)C)C(C)CCCC(C)(O)C2(CCCCOCc3ccccc3)OC(C)OSCCCS2)OC(C)OSCCCS1. The summed E-state index contributed by atoms with van der Waals surface area (Å²) in [7, 11) is -3.14. The lowest BCUT2D eigenvalue weighted by Crippen LogP contribution is -2.69. The van der Waals surface area contributed by atoms with Gasteiger partial charge in [0.2, 0.25) is 0 Å². The summed E-state index contributed by atoms with van der Waals surface area (Å²) in [6.45, 7) is 24.1. The predicted molar refractivity (Wildman–Crippen MR) is 313 cm³/mol. The summed E-state index contributed by atoms with van der Waals surface area (Å²) < 4.78 is 39.8. The minimum atomic E-state index is -3.14. The van der Waals surface area contributed by atoms with E-state index < -0.39 is 54.2 Å². The van der Waals surface area contributed by atoms with Gasteiger partial charge < -0.3 is 34.0 Å². The second-order valence-electron chi connectivity index (χ2n) is 22.0. The molecular formula is C59H92O9S4Si. The molecule has 3 N–H and O–H groups in total. The van der Waals surface area contributed by atoms with E-state index in [9.17, 15) is 15.3 Å². The van der Waals surface area contributed by atoms with Gasteiger partial charge in [0.15, 0.2) is 12.6 Å². The molecule has 0 amide bonds. The normalized spacial score (nSPS) is 24.8. The van der Waals surface area contributed by atoms with Gasteiger partial charge in [-0.25, -0.2) is 0 Å². The van der Waals surface area contributed by atoms with Crippen LogP contribution >= 0.6 is 47.6 Å². The molecule has 73 heavy (non-hydrogen) atoms. The highest BCUT2D eigenvalue weighted by Gasteiger charge is 2.54. The van der Waals surface area contributed by atoms with Gasteiger partial charge in [0.25, 0.3) is 8.32 Å². The fraction of sp³-hybridized carbons (Fsp3) is 0.661. The highest BCUT2D eigenvalue weighted by atomic mass is 32.2. The average molecular weight is 1100 g/mol. The second kappa shape index (κ2) is 30.1. The molecular weight excluding hydrogens is 1010 g/mol. The van der Waals surface area contributed by atoms with Crippen molar-refractivity contribution in [1.29, 1.82) is 0 Å². The number of unbranched alkanes of at least 4 members (excludes halogenated alkanes) is 1. The zero-order valence-electron chi connectivity index (χ0n) is 45.8. The number of thioether (sulfide) groups is 2. The number of aliphatic hydroxyl groups excluding tert-OH is 1. The van der Waals surface area contributed by atoms with Crippen LogP contribution in [0.25, 0.3) is 0 Å². The highest BCUT2D eigenvalue weighted by molar-refractivity contribution is 8.01. The number of hydrogen-bond donors (Lipinski definition) is 3. The summed E-state index contributed by atoms with van der Waals surface area (Å²) in [5, 5.41) is 40.2. The monoisotopic (exact) mass is 1100 g/mol. The van der Waals surface area contributed by atoms with E-state index in [0.29, 0.717) is 64.6 Å². The zero-order chi connectivity index (χ0) is 53.0. The van der Waals surface area contributed by atoms with Gasteiger partial charge in [0.05, 0.1) is 18.8 Å². The van der Waals surface area contributed by atoms with Gasteiger partial charge in [0.1, 0.15) is 21.1 Å². The summed E-state index contributed by atoms with van der Waals surface area (Å²) in [6.07, 6.45) is 7.41. The number of allylic oxidation sites excluding steroid dienone is 1. The van der Waals surface area contributed by atoms with Gasteiger partial charge in [-0.2, -0.15) is 0 Å². The summed E-state index contributed by atoms with van der Waals surface area (Å²) in [4.78, 5) is -1.86. The molecule has 0 spiro atoms. The highest BCUT2D eigenvalue weighted by Crippen LogP contribution is 2.49. The Labute approximate surface area is 459 Å². The second-order valence-corrected chi connectivity index (χ2v) is 30.7. The molecule has 0 aliphatic carbocycles. The third kappa shape index (κ3) is 18.1. The summed E-state index contributed by atoms with van der Waals surface area (Å²) in [5.74, 6) is 3.29. The van der Waals surface area contributed by atoms with E-state index in [2.05, 4.69) is 107 Å². The van der Waals surface area contributed by atoms with Crippen LogP contribution < -0.4 is 10.4 Å². The minimum Gasteiger partial charge on any atom is -0.402 e. The van der Waals surface area contributed by atoms with E-state index in [0.717, 1.165) is 83.0 Å². The van der Waals surface area contributed by atoms with Crippen molar-refractivity contribution >= 4 is 66.3 Å². The number of aliphatic hydroxyl groups is 3. The van der Waals surface area contributed by atoms with Gasteiger partial charge in [-0.15, -0.1) is 30.1 Å². The van der Waals surface area contributed by atoms with E-state index in [1.165, 1.54) is 24.1 Å². The Bertz CT molecular complexity index is 1970. The molecule has 0 bridgehead atoms. The van der Waals surface area contributed by atoms with Gasteiger partial charge in [-0.1, -0.05) is 131 Å². The molecule has 2 aliphatic rings. The molecule has 410 valence electrons. The van der Waals surface area contributed by atoms with Gasteiger partial charge in [0, 0.05) is 18.1 Å². The van der Waals surface area contributed by atoms with Crippen molar-refractivity contribution < 1.29 is 42.3 Å². The van der Waals surface area contributed by atoms with Crippen LogP contribution in [0.4, 0.5) is 0 Å². The molecule has 5 rings (SSSR count). The largest absolute Gasteiger partial charge is 0.402 e. The minimum absolute atomic E-state index is 0.0990. The van der Waals surface area contributed by atoms with Crippen LogP contribution in [0.2, 0.25) is 5.04 Å². The van der Waals surface area contributed by atoms with E-state index in [4.69, 9.17) is 27.0 Å². The summed E-state index contributed by atoms with van der Waals surface area (Å²) in [5.41, 5.74) is -0.127. The number of rotatable bonds is 27. The van der Waals surface area contributed by atoms with Gasteiger partial charge >= 0.3 is 0 Å². The molecule has 2 saturated heterocycles. The first kappa shape index (κ1) is 62.5. The third-order valence-electron chi connectivity index (χ3n) is 14.6. The van der Waals surface area contributed by atoms with Crippen molar-refractivity contribution in [2.24, 2.45) is 5.92 Å². The maximum Gasteiger partial charge on any atom is 0.261 e. The Morgan fingerprint density at radius 3 is 1.70 bits per heavy atom. The lowest BCUT2D eigenvalue weighted by Gasteiger charge is -2.48. The lowest BCUT2D eigenvalue weighted by molar-refractivity contribution is -0.194. The topological polar surface area (TPSA) is 116 Å². The van der Waals surface area contributed by atoms with Crippen molar-refractivity contribution in [2.45, 2.75) is 210 Å². The maximum absolute atomic E-state index is 12.9. The van der Waals surface area contributed by atoms with Crippen molar-refractivity contribution in [3.8, 4) is 0 Å². The molecule has 14 heteroatoms. The predicted octanol–water partition coefficient (Wildman–Crippen LogP) is 13.6. The Morgan fingerprint density at radius 2 is 1.19 bits per heavy atom. The summed E-state index contributed by atoms with van der Waals surface area (Å²) >= 11 is 6.29. The van der Waals surface area contributed by atoms with E-state index in [1.807, 2.05) is 52.8 Å². The quantitative estimate of drug-likeness (QED) is 0.0291. The Morgan fingerprint density at radius 1 is 0.699 bits per heavy atom. The molecule has 3 aromatic rings. The van der Waals surface area contributed by atoms with Crippen LogP contribution in [0.3, 0.4) is 0 Å². The molecule has 0 aromatic heterocycles. The fourth-order valence-corrected chi connectivity index (χ4v) is 20.0.